The number of rotatable bonds is 14. The van der Waals surface area contributed by atoms with E-state index in [0.29, 0.717) is 32.8 Å². The van der Waals surface area contributed by atoms with E-state index in [1.807, 2.05) is 12.5 Å². The number of carboxylic acid groups (broad SMARTS) is 2. The predicted octanol–water partition coefficient (Wildman–Crippen LogP) is -2.40. The first-order chi connectivity index (χ1) is 20.8. The summed E-state index contributed by atoms with van der Waals surface area (Å²) in [5.41, 5.74) is 4.35. The van der Waals surface area contributed by atoms with E-state index in [1.54, 1.807) is 21.0 Å². The van der Waals surface area contributed by atoms with Crippen LogP contribution in [0.4, 0.5) is 14.4 Å². The Morgan fingerprint density at radius 3 is 2.11 bits per heavy atom. The van der Waals surface area contributed by atoms with Crippen molar-refractivity contribution in [3.05, 3.63) is 0 Å². The van der Waals surface area contributed by atoms with E-state index < -0.39 is 18.0 Å². The number of aliphatic carboxylic acids is 1. The normalized spacial score (nSPS) is 11.1. The summed E-state index contributed by atoms with van der Waals surface area (Å²) in [6.07, 6.45) is -0.870. The van der Waals surface area contributed by atoms with E-state index in [-0.39, 0.29) is 44.0 Å². The van der Waals surface area contributed by atoms with Gasteiger partial charge in [0.05, 0.1) is 6.61 Å². The molecule has 1 saturated heterocycles. The molecular weight excluding hydrogens is 583 g/mol. The standard InChI is InChI=1S/C7H16N2O2.C6H12BN4O3.C6H10BN4O2.C2H4BNO2/c1-3-11-7(10)9-6-4-5-8-2;1-8-2-3-11(10-6(13)14)5(12)4-9-7;1-10-2-3-11(9-6(10)13)5(12)4-8-7;4-3-1-2(5)6/h8H,3-6H2,1-2H3,(H,9,10);8,10H,2-4H2,1H3,(H,13,14);2-4H2,1H3,(H,9,13);4H,1H2,(H,5,6). The topological polar surface area (TPSA) is 271 Å². The molecule has 44 heavy (non-hydrogen) atoms. The number of nitrogens with zero attached hydrogens (tertiary/aromatic N) is 5. The van der Waals surface area contributed by atoms with Crippen molar-refractivity contribution in [3.63, 3.8) is 0 Å². The van der Waals surface area contributed by atoms with Gasteiger partial charge in [0.2, 0.25) is 0 Å². The van der Waals surface area contributed by atoms with Gasteiger partial charge in [-0.3, -0.25) is 0 Å². The van der Waals surface area contributed by atoms with Gasteiger partial charge in [0.1, 0.15) is 0 Å². The fraction of sp³-hybridized carbons (Fsp3) is 0.714. The van der Waals surface area contributed by atoms with Crippen LogP contribution < -0.4 is 26.8 Å². The van der Waals surface area contributed by atoms with Gasteiger partial charge in [-0.05, 0) is 26.9 Å². The summed E-state index contributed by atoms with van der Waals surface area (Å²) in [6, 6.07) is -0.295. The Bertz CT molecular complexity index is 920. The number of alkyl carbamates (subject to hydrolysis) is 1. The number of hydrogen-bond acceptors (Lipinski definition) is 12. The maximum atomic E-state index is 11.2. The molecule has 0 aromatic carbocycles. The molecule has 0 atom stereocenters. The molecule has 20 nitrogen and oxygen atoms in total. The Labute approximate surface area is 258 Å². The zero-order valence-corrected chi connectivity index (χ0v) is 25.5. The van der Waals surface area contributed by atoms with Crippen molar-refractivity contribution < 1.29 is 43.7 Å². The monoisotopic (exact) mass is 625 g/mol. The van der Waals surface area contributed by atoms with E-state index in [2.05, 4.69) is 35.9 Å². The fourth-order valence-electron chi connectivity index (χ4n) is 2.43. The van der Waals surface area contributed by atoms with Crippen molar-refractivity contribution in [1.29, 1.82) is 5.31 Å². The Morgan fingerprint density at radius 2 is 1.68 bits per heavy atom. The molecule has 2 radical (unpaired) electrons. The molecule has 0 aliphatic carbocycles. The zero-order chi connectivity index (χ0) is 34.3. The Kier molecular flexibility index (Phi) is 30.3. The molecule has 23 heteroatoms. The van der Waals surface area contributed by atoms with Gasteiger partial charge < -0.3 is 15.4 Å². The number of likely N-dealkylation sites (N-methyl/N-ethyl adjacent to an activating group) is 2. The molecule has 0 aromatic rings. The van der Waals surface area contributed by atoms with Crippen LogP contribution in [0, 0.1) is 5.31 Å². The molecule has 1 rings (SSSR count). The SMILES string of the molecule is CCOC(=O)NCCCNC.N=BCC(=O)O.[B]=NCC(=O)N(CCNC)NC(=O)O.[B]=NCC(=O)N1CCN(C)C(=O)N1. The van der Waals surface area contributed by atoms with E-state index in [1.165, 1.54) is 9.91 Å². The molecule has 0 aromatic heterocycles. The van der Waals surface area contributed by atoms with Crippen molar-refractivity contribution in [2.75, 3.05) is 80.1 Å². The van der Waals surface area contributed by atoms with Gasteiger partial charge in [-0.25, -0.2) is 4.79 Å². The number of ether oxygens (including phenoxy) is 1. The van der Waals surface area contributed by atoms with Gasteiger partial charge in [-0.15, -0.1) is 0 Å². The third kappa shape index (κ3) is 27.9. The van der Waals surface area contributed by atoms with Crippen LogP contribution in [0.25, 0.3) is 0 Å². The number of hydrazine groups is 2. The predicted molar refractivity (Wildman–Crippen MR) is 160 cm³/mol. The van der Waals surface area contributed by atoms with Crippen LogP contribution in [-0.2, 0) is 19.1 Å². The summed E-state index contributed by atoms with van der Waals surface area (Å²) in [5.74, 6) is -1.75. The van der Waals surface area contributed by atoms with E-state index in [9.17, 15) is 28.8 Å². The van der Waals surface area contributed by atoms with E-state index in [0.717, 1.165) is 25.0 Å². The summed E-state index contributed by atoms with van der Waals surface area (Å²) in [7, 11) is 15.7. The second-order valence-corrected chi connectivity index (χ2v) is 8.04. The van der Waals surface area contributed by atoms with Gasteiger partial charge >= 0.3 is 198 Å². The number of amides is 6. The molecular formula is C21H42B3N11O9. The molecule has 1 aliphatic heterocycles. The number of carbonyl (C=O) groups excluding carboxylic acids is 4. The van der Waals surface area contributed by atoms with Gasteiger partial charge in [-0.2, -0.15) is 0 Å². The van der Waals surface area contributed by atoms with E-state index >= 15 is 0 Å². The molecule has 6 amide bonds. The van der Waals surface area contributed by atoms with Crippen LogP contribution in [0.5, 0.6) is 0 Å². The van der Waals surface area contributed by atoms with Crippen molar-refractivity contribution in [3.8, 4) is 0 Å². The summed E-state index contributed by atoms with van der Waals surface area (Å²) in [6.45, 7) is 5.09. The van der Waals surface area contributed by atoms with Crippen LogP contribution in [0.15, 0.2) is 9.79 Å². The number of hydrogen-bond donors (Lipinski definition) is 8. The summed E-state index contributed by atoms with van der Waals surface area (Å²) < 4.78 is 4.65. The van der Waals surface area contributed by atoms with Crippen LogP contribution in [-0.4, -0.2) is 164 Å². The van der Waals surface area contributed by atoms with Crippen molar-refractivity contribution in [2.24, 2.45) is 9.79 Å². The van der Waals surface area contributed by atoms with Crippen LogP contribution in [0.2, 0.25) is 6.32 Å². The van der Waals surface area contributed by atoms with Gasteiger partial charge in [-0.1, -0.05) is 0 Å². The number of nitrogens with one attached hydrogen (secondary N) is 6. The Morgan fingerprint density at radius 1 is 1.07 bits per heavy atom. The first-order valence-electron chi connectivity index (χ1n) is 13.1. The molecule has 1 aliphatic rings. The van der Waals surface area contributed by atoms with Crippen molar-refractivity contribution in [2.45, 2.75) is 19.7 Å². The van der Waals surface area contributed by atoms with Gasteiger partial charge in [0.15, 0.2) is 0 Å². The molecule has 0 unspecified atom stereocenters. The molecule has 0 bridgehead atoms. The minimum atomic E-state index is -1.30. The van der Waals surface area contributed by atoms with Crippen LogP contribution in [0.3, 0.4) is 0 Å². The minimum absolute atomic E-state index is 0.107. The van der Waals surface area contributed by atoms with Crippen LogP contribution in [0.1, 0.15) is 13.3 Å². The van der Waals surface area contributed by atoms with E-state index in [4.69, 9.17) is 30.8 Å². The quantitative estimate of drug-likeness (QED) is 0.0573. The Hall–Kier alpha value is -4.27. The second-order valence-electron chi connectivity index (χ2n) is 8.04. The Balaban J connectivity index is -0.000000528. The first-order valence-corrected chi connectivity index (χ1v) is 13.1. The van der Waals surface area contributed by atoms with Crippen LogP contribution >= 0.6 is 0 Å². The summed E-state index contributed by atoms with van der Waals surface area (Å²) in [5, 5.41) is 32.9. The van der Waals surface area contributed by atoms with Gasteiger partial charge in [0, 0.05) is 6.54 Å². The molecule has 0 spiro atoms. The second kappa shape index (κ2) is 30.2. The third-order valence-electron chi connectivity index (χ3n) is 4.53. The number of carboxylic acids is 1. The molecule has 1 heterocycles. The molecule has 244 valence electrons. The summed E-state index contributed by atoms with van der Waals surface area (Å²) in [4.78, 5) is 71.6. The average molecular weight is 625 g/mol. The average Bonchev–Trinajstić information content (AvgIpc) is 2.96. The van der Waals surface area contributed by atoms with Crippen molar-refractivity contribution in [1.82, 2.24) is 41.7 Å². The number of carbonyl (C=O) groups is 6. The molecule has 8 N–H and O–H groups in total. The third-order valence-corrected chi connectivity index (χ3v) is 4.53. The summed E-state index contributed by atoms with van der Waals surface area (Å²) >= 11 is 0. The first kappa shape index (κ1) is 44.2. The van der Waals surface area contributed by atoms with Crippen molar-refractivity contribution >= 4 is 58.4 Å². The molecule has 1 fully saturated rings. The molecule has 0 saturated carbocycles. The number of urea groups is 1. The van der Waals surface area contributed by atoms with Gasteiger partial charge in [0.25, 0.3) is 0 Å². The maximum absolute atomic E-state index is 11.2. The zero-order valence-electron chi connectivity index (χ0n) is 25.5. The fourth-order valence-corrected chi connectivity index (χ4v) is 2.43.